The number of anilines is 2. The zero-order valence-electron chi connectivity index (χ0n) is 21.2. The van der Waals surface area contributed by atoms with Gasteiger partial charge in [-0.25, -0.2) is 9.78 Å². The number of carbonyl (C=O) groups is 3. The van der Waals surface area contributed by atoms with Gasteiger partial charge in [-0.1, -0.05) is 39.0 Å². The first-order chi connectivity index (χ1) is 17.6. The molecule has 4 heterocycles. The molecule has 1 spiro atoms. The smallest absolute Gasteiger partial charge is 0.322 e. The Balaban J connectivity index is 1.47. The molecule has 1 aromatic heterocycles. The minimum Gasteiger partial charge on any atom is -0.341 e. The van der Waals surface area contributed by atoms with E-state index < -0.39 is 11.6 Å². The van der Waals surface area contributed by atoms with Gasteiger partial charge in [0.05, 0.1) is 5.69 Å². The number of hydrazine groups is 1. The van der Waals surface area contributed by atoms with Crippen molar-refractivity contribution in [2.24, 2.45) is 5.41 Å². The quantitative estimate of drug-likeness (QED) is 0.606. The molecule has 1 aromatic carbocycles. The van der Waals surface area contributed by atoms with Crippen LogP contribution in [0.5, 0.6) is 0 Å². The molecule has 0 aliphatic carbocycles. The topological polar surface area (TPSA) is 135 Å². The van der Waals surface area contributed by atoms with Crippen molar-refractivity contribution < 1.29 is 14.4 Å². The summed E-state index contributed by atoms with van der Waals surface area (Å²) in [6, 6.07) is 9.48. The highest BCUT2D eigenvalue weighted by molar-refractivity contribution is 6.07. The molecule has 2 saturated heterocycles. The number of nitrogens with one attached hydrogen (secondary N) is 2. The van der Waals surface area contributed by atoms with E-state index in [9.17, 15) is 19.6 Å². The SMILES string of the molecule is CC(C)(C)CN1c2nc(C#N)ncc2Cc2ccccc2N1CC(=O)N1CCC2(CC1)NC(=O)NC2=O. The van der Waals surface area contributed by atoms with Crippen molar-refractivity contribution in [3.8, 4) is 6.07 Å². The van der Waals surface area contributed by atoms with Crippen LogP contribution >= 0.6 is 0 Å². The first-order valence-corrected chi connectivity index (χ1v) is 12.4. The lowest BCUT2D eigenvalue weighted by molar-refractivity contribution is -0.134. The normalized spacial score (nSPS) is 18.5. The Labute approximate surface area is 215 Å². The van der Waals surface area contributed by atoms with E-state index in [0.29, 0.717) is 44.7 Å². The number of hydrogen-bond acceptors (Lipinski definition) is 8. The highest BCUT2D eigenvalue weighted by Gasteiger charge is 2.48. The highest BCUT2D eigenvalue weighted by Crippen LogP contribution is 2.36. The third-order valence-electron chi connectivity index (χ3n) is 7.02. The monoisotopic (exact) mass is 502 g/mol. The molecule has 5 rings (SSSR count). The molecule has 0 saturated carbocycles. The fourth-order valence-electron chi connectivity index (χ4n) is 5.19. The van der Waals surface area contributed by atoms with Crippen molar-refractivity contribution in [1.29, 1.82) is 5.26 Å². The van der Waals surface area contributed by atoms with E-state index >= 15 is 0 Å². The van der Waals surface area contributed by atoms with Gasteiger partial charge in [-0.3, -0.25) is 24.9 Å². The number of benzene rings is 1. The molecule has 0 atom stereocenters. The number of imide groups is 1. The molecule has 3 aliphatic heterocycles. The first kappa shape index (κ1) is 24.5. The number of rotatable bonds is 3. The summed E-state index contributed by atoms with van der Waals surface area (Å²) in [5.74, 6) is 0.278. The van der Waals surface area contributed by atoms with Crippen LogP contribution in [-0.4, -0.2) is 64.4 Å². The Morgan fingerprint density at radius 1 is 1.14 bits per heavy atom. The standard InChI is InChI=1S/C26H30N8O3/c1-25(2,3)16-34-22-18(14-28-20(13-27)29-22)12-17-6-4-5-7-19(17)33(34)15-21(35)32-10-8-26(9-11-32)23(36)30-24(37)31-26/h4-7,14H,8-12,15-16H2,1-3H3,(H2,30,31,36,37). The van der Waals surface area contributed by atoms with Gasteiger partial charge in [0.15, 0.2) is 5.82 Å². The second-order valence-corrected chi connectivity index (χ2v) is 11.0. The molecule has 2 fully saturated rings. The number of urea groups is 1. The van der Waals surface area contributed by atoms with Crippen LogP contribution in [-0.2, 0) is 16.0 Å². The summed E-state index contributed by atoms with van der Waals surface area (Å²) < 4.78 is 0. The van der Waals surface area contributed by atoms with Crippen molar-refractivity contribution in [3.05, 3.63) is 47.4 Å². The fraction of sp³-hybridized carbons (Fsp3) is 0.462. The Bertz CT molecular complexity index is 1300. The summed E-state index contributed by atoms with van der Waals surface area (Å²) in [5, 5.41) is 18.5. The van der Waals surface area contributed by atoms with Crippen LogP contribution in [0.15, 0.2) is 30.5 Å². The van der Waals surface area contributed by atoms with E-state index in [1.54, 1.807) is 11.1 Å². The predicted octanol–water partition coefficient (Wildman–Crippen LogP) is 1.73. The Hall–Kier alpha value is -4.20. The maximum absolute atomic E-state index is 13.7. The Kier molecular flexibility index (Phi) is 5.98. The largest absolute Gasteiger partial charge is 0.341 e. The van der Waals surface area contributed by atoms with Gasteiger partial charge in [0.25, 0.3) is 5.91 Å². The van der Waals surface area contributed by atoms with Crippen LogP contribution in [0, 0.1) is 16.7 Å². The molecule has 4 amide bonds. The van der Waals surface area contributed by atoms with Crippen LogP contribution in [0.3, 0.4) is 0 Å². The van der Waals surface area contributed by atoms with Crippen molar-refractivity contribution >= 4 is 29.4 Å². The zero-order chi connectivity index (χ0) is 26.4. The van der Waals surface area contributed by atoms with Crippen LogP contribution in [0.1, 0.15) is 50.6 Å². The highest BCUT2D eigenvalue weighted by atomic mass is 16.2. The van der Waals surface area contributed by atoms with Gasteiger partial charge >= 0.3 is 6.03 Å². The van der Waals surface area contributed by atoms with Crippen molar-refractivity contribution in [2.45, 2.75) is 45.6 Å². The maximum Gasteiger partial charge on any atom is 0.322 e. The van der Waals surface area contributed by atoms with Crippen LogP contribution in [0.2, 0.25) is 0 Å². The summed E-state index contributed by atoms with van der Waals surface area (Å²) in [4.78, 5) is 48.2. The molecular formula is C26H30N8O3. The number of para-hydroxylation sites is 1. The number of piperidine rings is 1. The molecule has 2 N–H and O–H groups in total. The van der Waals surface area contributed by atoms with Crippen LogP contribution in [0.4, 0.5) is 16.3 Å². The summed E-state index contributed by atoms with van der Waals surface area (Å²) in [7, 11) is 0. The number of fused-ring (bicyclic) bond motifs is 2. The molecule has 0 bridgehead atoms. The predicted molar refractivity (Wildman–Crippen MR) is 135 cm³/mol. The van der Waals surface area contributed by atoms with E-state index in [1.165, 1.54) is 0 Å². The van der Waals surface area contributed by atoms with Gasteiger partial charge in [0.2, 0.25) is 11.7 Å². The molecule has 11 heteroatoms. The molecular weight excluding hydrogens is 472 g/mol. The zero-order valence-corrected chi connectivity index (χ0v) is 21.2. The molecule has 3 aliphatic rings. The van der Waals surface area contributed by atoms with Gasteiger partial charge in [-0.15, -0.1) is 0 Å². The number of aromatic nitrogens is 2. The number of likely N-dealkylation sites (tertiary alicyclic amines) is 1. The third-order valence-corrected chi connectivity index (χ3v) is 7.02. The number of amides is 4. The molecule has 2 aromatic rings. The van der Waals surface area contributed by atoms with E-state index in [2.05, 4.69) is 41.4 Å². The number of nitriles is 1. The van der Waals surface area contributed by atoms with Gasteiger partial charge < -0.3 is 10.2 Å². The number of hydrogen-bond donors (Lipinski definition) is 2. The minimum atomic E-state index is -0.940. The van der Waals surface area contributed by atoms with Crippen LogP contribution < -0.4 is 20.7 Å². The maximum atomic E-state index is 13.7. The second kappa shape index (κ2) is 9.03. The van der Waals surface area contributed by atoms with Gasteiger partial charge in [0, 0.05) is 37.8 Å². The first-order valence-electron chi connectivity index (χ1n) is 12.4. The lowest BCUT2D eigenvalue weighted by Gasteiger charge is -2.42. The average molecular weight is 503 g/mol. The molecule has 0 unspecified atom stereocenters. The lowest BCUT2D eigenvalue weighted by atomic mass is 9.87. The number of nitrogens with zero attached hydrogens (tertiary/aromatic N) is 6. The second-order valence-electron chi connectivity index (χ2n) is 11.0. The van der Waals surface area contributed by atoms with Crippen molar-refractivity contribution in [3.63, 3.8) is 0 Å². The van der Waals surface area contributed by atoms with Crippen molar-refractivity contribution in [1.82, 2.24) is 25.5 Å². The van der Waals surface area contributed by atoms with E-state index in [0.717, 1.165) is 16.8 Å². The molecule has 192 valence electrons. The fourth-order valence-corrected chi connectivity index (χ4v) is 5.19. The summed E-state index contributed by atoms with van der Waals surface area (Å²) in [5.41, 5.74) is 1.72. The Morgan fingerprint density at radius 3 is 2.51 bits per heavy atom. The third kappa shape index (κ3) is 4.67. The Morgan fingerprint density at radius 2 is 1.86 bits per heavy atom. The lowest BCUT2D eigenvalue weighted by Crippen LogP contribution is -2.58. The average Bonchev–Trinajstić information content (AvgIpc) is 3.06. The summed E-state index contributed by atoms with van der Waals surface area (Å²) >= 11 is 0. The number of carbonyl (C=O) groups excluding carboxylic acids is 3. The molecule has 11 nitrogen and oxygen atoms in total. The summed E-state index contributed by atoms with van der Waals surface area (Å²) in [6.07, 6.45) is 2.99. The molecule has 0 radical (unpaired) electrons. The van der Waals surface area contributed by atoms with Gasteiger partial charge in [-0.2, -0.15) is 10.2 Å². The van der Waals surface area contributed by atoms with E-state index in [-0.39, 0.29) is 29.6 Å². The van der Waals surface area contributed by atoms with Crippen LogP contribution in [0.25, 0.3) is 0 Å². The van der Waals surface area contributed by atoms with Gasteiger partial charge in [0.1, 0.15) is 18.2 Å². The van der Waals surface area contributed by atoms with Crippen molar-refractivity contribution in [2.75, 3.05) is 36.2 Å². The minimum absolute atomic E-state index is 0.0595. The van der Waals surface area contributed by atoms with E-state index in [1.807, 2.05) is 40.4 Å². The molecule has 37 heavy (non-hydrogen) atoms. The van der Waals surface area contributed by atoms with Gasteiger partial charge in [-0.05, 0) is 29.9 Å². The summed E-state index contributed by atoms with van der Waals surface area (Å²) in [6.45, 7) is 7.67. The van der Waals surface area contributed by atoms with E-state index in [4.69, 9.17) is 0 Å².